The van der Waals surface area contributed by atoms with Crippen molar-refractivity contribution in [3.8, 4) is 16.9 Å². The van der Waals surface area contributed by atoms with E-state index in [1.807, 2.05) is 12.1 Å². The van der Waals surface area contributed by atoms with E-state index in [0.717, 1.165) is 18.2 Å². The molecule has 102 valence electrons. The van der Waals surface area contributed by atoms with Crippen LogP contribution in [0.5, 0.6) is 5.75 Å². The van der Waals surface area contributed by atoms with Gasteiger partial charge in [0.1, 0.15) is 5.75 Å². The fourth-order valence-electron chi connectivity index (χ4n) is 3.65. The molecule has 2 aromatic rings. The Kier molecular flexibility index (Phi) is 2.78. The maximum absolute atomic E-state index is 5.23. The lowest BCUT2D eigenvalue weighted by atomic mass is 9.94. The molecule has 4 rings (SSSR count). The highest BCUT2D eigenvalue weighted by Gasteiger charge is 2.33. The number of ether oxygens (including phenoxy) is 1. The van der Waals surface area contributed by atoms with Gasteiger partial charge >= 0.3 is 0 Å². The van der Waals surface area contributed by atoms with Gasteiger partial charge in [-0.3, -0.25) is 0 Å². The summed E-state index contributed by atoms with van der Waals surface area (Å²) in [6.45, 7) is 1.15. The molecule has 2 nitrogen and oxygen atoms in total. The Hall–Kier alpha value is -1.80. The molecular formula is C18H19NO. The third kappa shape index (κ3) is 1.83. The number of nitrogens with one attached hydrogen (secondary N) is 1. The molecule has 1 N–H and O–H groups in total. The molecule has 0 radical (unpaired) electrons. The number of methoxy groups -OCH3 is 1. The Labute approximate surface area is 119 Å². The number of benzene rings is 2. The van der Waals surface area contributed by atoms with Crippen LogP contribution in [0.15, 0.2) is 42.5 Å². The van der Waals surface area contributed by atoms with Crippen LogP contribution >= 0.6 is 0 Å². The summed E-state index contributed by atoms with van der Waals surface area (Å²) in [5, 5.41) is 3.62. The van der Waals surface area contributed by atoms with Crippen LogP contribution in [-0.2, 0) is 0 Å². The van der Waals surface area contributed by atoms with Crippen molar-refractivity contribution in [2.75, 3.05) is 13.7 Å². The highest BCUT2D eigenvalue weighted by atomic mass is 16.5. The zero-order valence-electron chi connectivity index (χ0n) is 11.7. The molecule has 2 aromatic carbocycles. The third-order valence-corrected chi connectivity index (χ3v) is 4.73. The summed E-state index contributed by atoms with van der Waals surface area (Å²) in [6, 6.07) is 15.9. The predicted octanol–water partition coefficient (Wildman–Crippen LogP) is 3.88. The second-order valence-corrected chi connectivity index (χ2v) is 5.80. The molecule has 1 aliphatic carbocycles. The molecule has 1 fully saturated rings. The quantitative estimate of drug-likeness (QED) is 0.889. The Balaban J connectivity index is 1.73. The zero-order valence-corrected chi connectivity index (χ0v) is 11.7. The molecule has 0 aromatic heterocycles. The second-order valence-electron chi connectivity index (χ2n) is 5.80. The maximum Gasteiger partial charge on any atom is 0.118 e. The van der Waals surface area contributed by atoms with E-state index in [9.17, 15) is 0 Å². The lowest BCUT2D eigenvalue weighted by molar-refractivity contribution is 0.410. The maximum atomic E-state index is 5.23. The SMILES string of the molecule is COc1ccc(-c2ccc3c(c2)[C@@H]2CCN[C@@H]3C2)cc1. The average Bonchev–Trinajstić information content (AvgIpc) is 2.78. The zero-order chi connectivity index (χ0) is 13.5. The van der Waals surface area contributed by atoms with Crippen LogP contribution in [0.1, 0.15) is 35.9 Å². The predicted molar refractivity (Wildman–Crippen MR) is 81.1 cm³/mol. The first-order valence-corrected chi connectivity index (χ1v) is 7.37. The van der Waals surface area contributed by atoms with Crippen LogP contribution in [-0.4, -0.2) is 13.7 Å². The van der Waals surface area contributed by atoms with Gasteiger partial charge in [-0.05, 0) is 59.7 Å². The normalized spacial score (nSPS) is 23.4. The topological polar surface area (TPSA) is 21.3 Å². The largest absolute Gasteiger partial charge is 0.497 e. The summed E-state index contributed by atoms with van der Waals surface area (Å²) >= 11 is 0. The van der Waals surface area contributed by atoms with Gasteiger partial charge in [0.2, 0.25) is 0 Å². The van der Waals surface area contributed by atoms with Crippen molar-refractivity contribution in [2.45, 2.75) is 24.8 Å². The summed E-state index contributed by atoms with van der Waals surface area (Å²) in [7, 11) is 1.71. The van der Waals surface area contributed by atoms with Crippen LogP contribution in [0.2, 0.25) is 0 Å². The van der Waals surface area contributed by atoms with Crippen molar-refractivity contribution in [2.24, 2.45) is 0 Å². The van der Waals surface area contributed by atoms with E-state index in [-0.39, 0.29) is 0 Å². The number of hydrogen-bond acceptors (Lipinski definition) is 2. The van der Waals surface area contributed by atoms with E-state index in [1.54, 1.807) is 12.7 Å². The van der Waals surface area contributed by atoms with E-state index in [2.05, 4.69) is 35.6 Å². The molecular weight excluding hydrogens is 246 g/mol. The first-order valence-electron chi connectivity index (χ1n) is 7.37. The lowest BCUT2D eigenvalue weighted by Gasteiger charge is -2.20. The molecule has 2 heteroatoms. The van der Waals surface area contributed by atoms with Gasteiger partial charge in [-0.1, -0.05) is 30.3 Å². The fraction of sp³-hybridized carbons (Fsp3) is 0.333. The van der Waals surface area contributed by atoms with Gasteiger partial charge in [-0.15, -0.1) is 0 Å². The molecule has 20 heavy (non-hydrogen) atoms. The molecule has 2 atom stereocenters. The van der Waals surface area contributed by atoms with Crippen LogP contribution in [0.3, 0.4) is 0 Å². The Morgan fingerprint density at radius 1 is 1.00 bits per heavy atom. The van der Waals surface area contributed by atoms with E-state index >= 15 is 0 Å². The number of rotatable bonds is 2. The van der Waals surface area contributed by atoms with E-state index in [0.29, 0.717) is 6.04 Å². The van der Waals surface area contributed by atoms with Gasteiger partial charge in [0.25, 0.3) is 0 Å². The van der Waals surface area contributed by atoms with E-state index < -0.39 is 0 Å². The van der Waals surface area contributed by atoms with Gasteiger partial charge < -0.3 is 10.1 Å². The summed E-state index contributed by atoms with van der Waals surface area (Å²) in [5.41, 5.74) is 5.67. The van der Waals surface area contributed by atoms with Crippen molar-refractivity contribution in [3.05, 3.63) is 53.6 Å². The summed E-state index contributed by atoms with van der Waals surface area (Å²) < 4.78 is 5.23. The van der Waals surface area contributed by atoms with Crippen molar-refractivity contribution >= 4 is 0 Å². The van der Waals surface area contributed by atoms with Crippen molar-refractivity contribution in [3.63, 3.8) is 0 Å². The van der Waals surface area contributed by atoms with Gasteiger partial charge in [-0.25, -0.2) is 0 Å². The first-order chi connectivity index (χ1) is 9.85. The molecule has 2 bridgehead atoms. The monoisotopic (exact) mass is 265 g/mol. The molecule has 0 saturated carbocycles. The average molecular weight is 265 g/mol. The van der Waals surface area contributed by atoms with E-state index in [4.69, 9.17) is 4.74 Å². The Bertz CT molecular complexity index is 632. The van der Waals surface area contributed by atoms with Crippen LogP contribution in [0.25, 0.3) is 11.1 Å². The summed E-state index contributed by atoms with van der Waals surface area (Å²) in [5.74, 6) is 1.67. The Morgan fingerprint density at radius 2 is 1.80 bits per heavy atom. The Morgan fingerprint density at radius 3 is 2.60 bits per heavy atom. The van der Waals surface area contributed by atoms with Gasteiger partial charge in [0.15, 0.2) is 0 Å². The highest BCUT2D eigenvalue weighted by Crippen LogP contribution is 2.45. The standard InChI is InChI=1S/C18H19NO/c1-20-15-5-2-12(3-6-15)13-4-7-16-17(10-13)14-8-9-19-18(16)11-14/h2-7,10,14,18-19H,8-9,11H2,1H3/t14-,18-/m1/s1. The van der Waals surface area contributed by atoms with Crippen molar-refractivity contribution in [1.82, 2.24) is 5.32 Å². The van der Waals surface area contributed by atoms with Gasteiger partial charge in [-0.2, -0.15) is 0 Å². The van der Waals surface area contributed by atoms with Gasteiger partial charge in [0, 0.05) is 6.04 Å². The van der Waals surface area contributed by atoms with Crippen molar-refractivity contribution in [1.29, 1.82) is 0 Å². The lowest BCUT2D eigenvalue weighted by Crippen LogP contribution is -2.24. The minimum absolute atomic E-state index is 0.591. The minimum Gasteiger partial charge on any atom is -0.497 e. The minimum atomic E-state index is 0.591. The van der Waals surface area contributed by atoms with Crippen LogP contribution in [0.4, 0.5) is 0 Å². The molecule has 0 unspecified atom stereocenters. The fourth-order valence-corrected chi connectivity index (χ4v) is 3.65. The van der Waals surface area contributed by atoms with Crippen molar-refractivity contribution < 1.29 is 4.74 Å². The molecule has 1 saturated heterocycles. The third-order valence-electron chi connectivity index (χ3n) is 4.73. The molecule has 0 spiro atoms. The summed E-state index contributed by atoms with van der Waals surface area (Å²) in [6.07, 6.45) is 2.55. The first kappa shape index (κ1) is 12.0. The molecule has 0 amide bonds. The second kappa shape index (κ2) is 4.64. The number of piperidine rings is 1. The number of fused-ring (bicyclic) bond motifs is 5. The van der Waals surface area contributed by atoms with Gasteiger partial charge in [0.05, 0.1) is 7.11 Å². The van der Waals surface area contributed by atoms with Crippen LogP contribution < -0.4 is 10.1 Å². The van der Waals surface area contributed by atoms with E-state index in [1.165, 1.54) is 29.5 Å². The molecule has 2 aliphatic rings. The van der Waals surface area contributed by atoms with Crippen LogP contribution in [0, 0.1) is 0 Å². The summed E-state index contributed by atoms with van der Waals surface area (Å²) in [4.78, 5) is 0. The smallest absolute Gasteiger partial charge is 0.118 e. The number of hydrogen-bond donors (Lipinski definition) is 1. The molecule has 1 aliphatic heterocycles. The highest BCUT2D eigenvalue weighted by molar-refractivity contribution is 5.66. The molecule has 1 heterocycles.